The minimum absolute atomic E-state index is 0.0525. The Morgan fingerprint density at radius 2 is 2.24 bits per heavy atom. The predicted molar refractivity (Wildman–Crippen MR) is 70.1 cm³/mol. The second-order valence-corrected chi connectivity index (χ2v) is 4.63. The molecule has 0 saturated heterocycles. The molecule has 1 aliphatic rings. The molecule has 1 fully saturated rings. The van der Waals surface area contributed by atoms with Gasteiger partial charge >= 0.3 is 0 Å². The van der Waals surface area contributed by atoms with Gasteiger partial charge in [-0.15, -0.1) is 0 Å². The highest BCUT2D eigenvalue weighted by atomic mass is 16.1. The van der Waals surface area contributed by atoms with Gasteiger partial charge in [0.05, 0.1) is 5.56 Å². The van der Waals surface area contributed by atoms with Crippen molar-refractivity contribution in [1.29, 1.82) is 0 Å². The molecule has 1 aromatic rings. The summed E-state index contributed by atoms with van der Waals surface area (Å²) in [6, 6.07) is 5.84. The highest BCUT2D eigenvalue weighted by molar-refractivity contribution is 6.00. The molecule has 0 heterocycles. The van der Waals surface area contributed by atoms with Gasteiger partial charge in [-0.2, -0.15) is 0 Å². The smallest absolute Gasteiger partial charge is 0.253 e. The van der Waals surface area contributed by atoms with E-state index in [0.717, 1.165) is 12.1 Å². The van der Waals surface area contributed by atoms with E-state index in [9.17, 15) is 4.79 Å². The van der Waals surface area contributed by atoms with E-state index in [0.29, 0.717) is 29.8 Å². The highest BCUT2D eigenvalue weighted by Gasteiger charge is 2.33. The first-order valence-corrected chi connectivity index (χ1v) is 6.06. The Labute approximate surface area is 102 Å². The Kier molecular flexibility index (Phi) is 3.22. The molecule has 0 aliphatic heterocycles. The summed E-state index contributed by atoms with van der Waals surface area (Å²) in [7, 11) is 0. The van der Waals surface area contributed by atoms with E-state index < -0.39 is 0 Å². The number of hydrogen-bond donors (Lipinski definition) is 3. The van der Waals surface area contributed by atoms with Crippen LogP contribution in [0.15, 0.2) is 18.2 Å². The Hall–Kier alpha value is -1.71. The molecule has 2 rings (SSSR count). The third-order valence-electron chi connectivity index (χ3n) is 3.08. The zero-order chi connectivity index (χ0) is 12.4. The van der Waals surface area contributed by atoms with Crippen molar-refractivity contribution in [1.82, 2.24) is 5.32 Å². The third kappa shape index (κ3) is 2.70. The monoisotopic (exact) mass is 233 g/mol. The van der Waals surface area contributed by atoms with Gasteiger partial charge in [0.25, 0.3) is 5.91 Å². The molecule has 2 atom stereocenters. The molecule has 0 spiro atoms. The maximum absolute atomic E-state index is 11.9. The topological polar surface area (TPSA) is 67.2 Å². The Balaban J connectivity index is 2.20. The van der Waals surface area contributed by atoms with Gasteiger partial charge in [-0.1, -0.05) is 6.92 Å². The fourth-order valence-corrected chi connectivity index (χ4v) is 1.86. The Morgan fingerprint density at radius 1 is 1.53 bits per heavy atom. The number of nitrogens with one attached hydrogen (secondary N) is 2. The Bertz CT molecular complexity index is 431. The van der Waals surface area contributed by atoms with Crippen LogP contribution in [0.4, 0.5) is 11.4 Å². The number of carbonyl (C=O) groups excluding carboxylic acids is 1. The van der Waals surface area contributed by atoms with Crippen LogP contribution in [-0.4, -0.2) is 18.5 Å². The second kappa shape index (κ2) is 4.65. The van der Waals surface area contributed by atoms with Crippen LogP contribution in [-0.2, 0) is 0 Å². The van der Waals surface area contributed by atoms with Crippen molar-refractivity contribution in [3.05, 3.63) is 23.8 Å². The molecule has 1 aromatic carbocycles. The number of nitrogen functional groups attached to an aromatic ring is 1. The summed E-state index contributed by atoms with van der Waals surface area (Å²) < 4.78 is 0. The number of carbonyl (C=O) groups is 1. The summed E-state index contributed by atoms with van der Waals surface area (Å²) in [6.07, 6.45) is 1.16. The lowest BCUT2D eigenvalue weighted by Crippen LogP contribution is -2.24. The van der Waals surface area contributed by atoms with Crippen LogP contribution in [0.1, 0.15) is 30.6 Å². The first-order chi connectivity index (χ1) is 8.11. The SMILES string of the molecule is CCNC(=O)c1ccc(N)cc1NC1CC1C. The van der Waals surface area contributed by atoms with Crippen molar-refractivity contribution in [3.8, 4) is 0 Å². The summed E-state index contributed by atoms with van der Waals surface area (Å²) in [5, 5.41) is 6.18. The third-order valence-corrected chi connectivity index (χ3v) is 3.08. The maximum Gasteiger partial charge on any atom is 0.253 e. The number of rotatable bonds is 4. The quantitative estimate of drug-likeness (QED) is 0.695. The van der Waals surface area contributed by atoms with E-state index >= 15 is 0 Å². The molecular weight excluding hydrogens is 214 g/mol. The van der Waals surface area contributed by atoms with Gasteiger partial charge in [-0.05, 0) is 37.5 Å². The molecule has 17 heavy (non-hydrogen) atoms. The van der Waals surface area contributed by atoms with E-state index in [4.69, 9.17) is 5.73 Å². The van der Waals surface area contributed by atoms with Crippen molar-refractivity contribution in [2.24, 2.45) is 5.92 Å². The second-order valence-electron chi connectivity index (χ2n) is 4.63. The summed E-state index contributed by atoms with van der Waals surface area (Å²) in [5.74, 6) is 0.627. The fraction of sp³-hybridized carbons (Fsp3) is 0.462. The summed E-state index contributed by atoms with van der Waals surface area (Å²) in [4.78, 5) is 11.9. The number of benzene rings is 1. The van der Waals surface area contributed by atoms with E-state index in [-0.39, 0.29) is 5.91 Å². The molecule has 0 bridgehead atoms. The summed E-state index contributed by atoms with van der Waals surface area (Å²) in [5.41, 5.74) is 7.94. The minimum Gasteiger partial charge on any atom is -0.399 e. The van der Waals surface area contributed by atoms with Gasteiger partial charge < -0.3 is 16.4 Å². The molecular formula is C13H19N3O. The molecule has 1 amide bonds. The summed E-state index contributed by atoms with van der Waals surface area (Å²) in [6.45, 7) is 4.73. The molecule has 0 radical (unpaired) electrons. The van der Waals surface area contributed by atoms with Gasteiger partial charge in [-0.25, -0.2) is 0 Å². The number of nitrogens with two attached hydrogens (primary N) is 1. The first kappa shape index (κ1) is 11.8. The molecule has 0 aromatic heterocycles. The van der Waals surface area contributed by atoms with Crippen molar-refractivity contribution in [2.45, 2.75) is 26.3 Å². The lowest BCUT2D eigenvalue weighted by atomic mass is 10.1. The van der Waals surface area contributed by atoms with Crippen LogP contribution in [0, 0.1) is 5.92 Å². The van der Waals surface area contributed by atoms with Gasteiger partial charge in [0.15, 0.2) is 0 Å². The van der Waals surface area contributed by atoms with E-state index in [1.165, 1.54) is 0 Å². The predicted octanol–water partition coefficient (Wildman–Crippen LogP) is 1.84. The van der Waals surface area contributed by atoms with Gasteiger partial charge in [0, 0.05) is 24.0 Å². The van der Waals surface area contributed by atoms with Gasteiger partial charge in [0.2, 0.25) is 0 Å². The van der Waals surface area contributed by atoms with Gasteiger partial charge in [0.1, 0.15) is 0 Å². The largest absolute Gasteiger partial charge is 0.399 e. The lowest BCUT2D eigenvalue weighted by Gasteiger charge is -2.12. The fourth-order valence-electron chi connectivity index (χ4n) is 1.86. The van der Waals surface area contributed by atoms with Crippen LogP contribution in [0.25, 0.3) is 0 Å². The van der Waals surface area contributed by atoms with E-state index in [1.54, 1.807) is 12.1 Å². The van der Waals surface area contributed by atoms with E-state index in [2.05, 4.69) is 17.6 Å². The zero-order valence-corrected chi connectivity index (χ0v) is 10.3. The van der Waals surface area contributed by atoms with Crippen LogP contribution in [0.3, 0.4) is 0 Å². The number of hydrogen-bond acceptors (Lipinski definition) is 3. The maximum atomic E-state index is 11.9. The molecule has 2 unspecified atom stereocenters. The first-order valence-electron chi connectivity index (χ1n) is 6.06. The van der Waals surface area contributed by atoms with Crippen LogP contribution >= 0.6 is 0 Å². The molecule has 1 saturated carbocycles. The standard InChI is InChI=1S/C13H19N3O/c1-3-15-13(17)10-5-4-9(14)7-12(10)16-11-6-8(11)2/h4-5,7-8,11,16H,3,6,14H2,1-2H3,(H,15,17). The molecule has 1 aliphatic carbocycles. The number of amides is 1. The van der Waals surface area contributed by atoms with Crippen molar-refractivity contribution in [3.63, 3.8) is 0 Å². The lowest BCUT2D eigenvalue weighted by molar-refractivity contribution is 0.0956. The van der Waals surface area contributed by atoms with Crippen molar-refractivity contribution < 1.29 is 4.79 Å². The average molecular weight is 233 g/mol. The molecule has 92 valence electrons. The van der Waals surface area contributed by atoms with Crippen LogP contribution in [0.5, 0.6) is 0 Å². The van der Waals surface area contributed by atoms with Gasteiger partial charge in [-0.3, -0.25) is 4.79 Å². The van der Waals surface area contributed by atoms with Crippen LogP contribution < -0.4 is 16.4 Å². The van der Waals surface area contributed by atoms with Crippen LogP contribution in [0.2, 0.25) is 0 Å². The number of anilines is 2. The molecule has 4 N–H and O–H groups in total. The van der Waals surface area contributed by atoms with E-state index in [1.807, 2.05) is 13.0 Å². The van der Waals surface area contributed by atoms with Crippen molar-refractivity contribution in [2.75, 3.05) is 17.6 Å². The normalized spacial score (nSPS) is 22.0. The minimum atomic E-state index is -0.0525. The zero-order valence-electron chi connectivity index (χ0n) is 10.3. The average Bonchev–Trinajstić information content (AvgIpc) is 2.94. The molecule has 4 heteroatoms. The summed E-state index contributed by atoms with van der Waals surface area (Å²) >= 11 is 0. The molecule has 4 nitrogen and oxygen atoms in total. The highest BCUT2D eigenvalue weighted by Crippen LogP contribution is 2.34. The van der Waals surface area contributed by atoms with Crippen molar-refractivity contribution >= 4 is 17.3 Å². The Morgan fingerprint density at radius 3 is 2.82 bits per heavy atom.